The second-order valence-corrected chi connectivity index (χ2v) is 7.26. The Morgan fingerprint density at radius 1 is 1.50 bits per heavy atom. The first-order chi connectivity index (χ1) is 9.28. The maximum atomic E-state index is 5.61. The molecule has 0 amide bonds. The van der Waals surface area contributed by atoms with Crippen LogP contribution in [0.4, 0.5) is 0 Å². The van der Waals surface area contributed by atoms with Gasteiger partial charge in [0.05, 0.1) is 10.3 Å². The molecule has 0 spiro atoms. The van der Waals surface area contributed by atoms with Gasteiger partial charge in [0, 0.05) is 16.4 Å². The Morgan fingerprint density at radius 3 is 3.20 bits per heavy atom. The lowest BCUT2D eigenvalue weighted by atomic mass is 9.80. The zero-order valence-corrected chi connectivity index (χ0v) is 14.0. The first kappa shape index (κ1) is 14.5. The number of thiophene rings is 1. The lowest BCUT2D eigenvalue weighted by Crippen LogP contribution is -2.31. The van der Waals surface area contributed by atoms with Gasteiger partial charge in [0.1, 0.15) is 0 Å². The summed E-state index contributed by atoms with van der Waals surface area (Å²) in [4.78, 5) is 5.74. The lowest BCUT2D eigenvalue weighted by Gasteiger charge is -2.22. The summed E-state index contributed by atoms with van der Waals surface area (Å²) in [5.41, 5.74) is 0.0970. The number of halogens is 2. The number of rotatable bonds is 2. The molecule has 20 heavy (non-hydrogen) atoms. The highest BCUT2D eigenvalue weighted by atomic mass is 79.9. The lowest BCUT2D eigenvalue weighted by molar-refractivity contribution is 0.265. The van der Waals surface area contributed by atoms with Gasteiger partial charge in [0.2, 0.25) is 11.7 Å². The van der Waals surface area contributed by atoms with Gasteiger partial charge in [-0.15, -0.1) is 23.7 Å². The van der Waals surface area contributed by atoms with E-state index in [-0.39, 0.29) is 17.8 Å². The molecule has 2 aromatic heterocycles. The molecule has 7 heteroatoms. The number of hydrogen-bond donors (Lipinski definition) is 1. The molecule has 2 aromatic rings. The van der Waals surface area contributed by atoms with Crippen LogP contribution in [-0.4, -0.2) is 23.2 Å². The average molecular weight is 377 g/mol. The van der Waals surface area contributed by atoms with Crippen LogP contribution >= 0.6 is 39.7 Å². The monoisotopic (exact) mass is 375 g/mol. The maximum Gasteiger partial charge on any atom is 0.234 e. The molecule has 1 aliphatic carbocycles. The van der Waals surface area contributed by atoms with E-state index >= 15 is 0 Å². The summed E-state index contributed by atoms with van der Waals surface area (Å²) in [5, 5.41) is 9.70. The van der Waals surface area contributed by atoms with Crippen LogP contribution < -0.4 is 5.32 Å². The third-order valence-electron chi connectivity index (χ3n) is 4.43. The van der Waals surface area contributed by atoms with Crippen LogP contribution in [0.3, 0.4) is 0 Å². The van der Waals surface area contributed by atoms with Crippen molar-refractivity contribution in [3.05, 3.63) is 21.8 Å². The Bertz CT molecular complexity index is 604. The van der Waals surface area contributed by atoms with Gasteiger partial charge in [-0.05, 0) is 47.3 Å². The van der Waals surface area contributed by atoms with Crippen molar-refractivity contribution in [2.24, 2.45) is 5.92 Å². The quantitative estimate of drug-likeness (QED) is 0.869. The minimum atomic E-state index is 0. The number of aromatic nitrogens is 2. The first-order valence-corrected chi connectivity index (χ1v) is 8.24. The fraction of sp³-hybridized carbons (Fsp3) is 0.538. The molecular formula is C13H15BrClN3OS. The predicted octanol–water partition coefficient (Wildman–Crippen LogP) is 3.62. The minimum Gasteiger partial charge on any atom is -0.338 e. The summed E-state index contributed by atoms with van der Waals surface area (Å²) in [6, 6.07) is 2.04. The minimum absolute atomic E-state index is 0. The number of fused-ring (bicyclic) bond motifs is 1. The fourth-order valence-corrected chi connectivity index (χ4v) is 4.81. The van der Waals surface area contributed by atoms with Crippen molar-refractivity contribution >= 4 is 39.7 Å². The van der Waals surface area contributed by atoms with Crippen molar-refractivity contribution in [1.82, 2.24) is 15.5 Å². The molecule has 3 heterocycles. The van der Waals surface area contributed by atoms with Crippen molar-refractivity contribution in [3.8, 4) is 10.7 Å². The Kier molecular flexibility index (Phi) is 3.92. The van der Waals surface area contributed by atoms with E-state index in [9.17, 15) is 0 Å². The van der Waals surface area contributed by atoms with E-state index in [4.69, 9.17) is 4.52 Å². The van der Waals surface area contributed by atoms with Crippen molar-refractivity contribution in [2.75, 3.05) is 13.1 Å². The third kappa shape index (κ3) is 2.13. The van der Waals surface area contributed by atoms with E-state index in [2.05, 4.69) is 31.4 Å². The van der Waals surface area contributed by atoms with Gasteiger partial charge in [-0.25, -0.2) is 0 Å². The summed E-state index contributed by atoms with van der Waals surface area (Å²) in [7, 11) is 0. The summed E-state index contributed by atoms with van der Waals surface area (Å²) in [6.07, 6.45) is 3.71. The average Bonchev–Trinajstić information content (AvgIpc) is 3.10. The second-order valence-electron chi connectivity index (χ2n) is 5.43. The Morgan fingerprint density at radius 2 is 2.40 bits per heavy atom. The normalized spacial score (nSPS) is 28.4. The molecular weight excluding hydrogens is 362 g/mol. The van der Waals surface area contributed by atoms with Gasteiger partial charge < -0.3 is 9.84 Å². The van der Waals surface area contributed by atoms with Crippen molar-refractivity contribution in [3.63, 3.8) is 0 Å². The molecule has 4 rings (SSSR count). The third-order valence-corrected chi connectivity index (χ3v) is 6.11. The number of hydrogen-bond acceptors (Lipinski definition) is 5. The van der Waals surface area contributed by atoms with Crippen LogP contribution in [0, 0.1) is 5.92 Å². The summed E-state index contributed by atoms with van der Waals surface area (Å²) in [6.45, 7) is 2.07. The summed E-state index contributed by atoms with van der Waals surface area (Å²) < 4.78 is 6.68. The predicted molar refractivity (Wildman–Crippen MR) is 84.4 cm³/mol. The van der Waals surface area contributed by atoms with Crippen LogP contribution in [0.25, 0.3) is 10.7 Å². The molecule has 1 N–H and O–H groups in total. The van der Waals surface area contributed by atoms with Crippen LogP contribution in [0.2, 0.25) is 0 Å². The molecule has 0 unspecified atom stereocenters. The molecule has 2 fully saturated rings. The van der Waals surface area contributed by atoms with E-state index in [1.807, 2.05) is 11.4 Å². The van der Waals surface area contributed by atoms with Gasteiger partial charge in [0.25, 0.3) is 0 Å². The highest BCUT2D eigenvalue weighted by Crippen LogP contribution is 2.47. The maximum absolute atomic E-state index is 5.61. The Balaban J connectivity index is 0.00000121. The largest absolute Gasteiger partial charge is 0.338 e. The van der Waals surface area contributed by atoms with E-state index in [1.54, 1.807) is 11.3 Å². The molecule has 0 bridgehead atoms. The van der Waals surface area contributed by atoms with Gasteiger partial charge in [-0.1, -0.05) is 11.6 Å². The van der Waals surface area contributed by atoms with Crippen LogP contribution in [-0.2, 0) is 5.41 Å². The van der Waals surface area contributed by atoms with Gasteiger partial charge in [0.15, 0.2) is 0 Å². The Labute approximate surface area is 135 Å². The smallest absolute Gasteiger partial charge is 0.234 e. The molecule has 1 aliphatic heterocycles. The van der Waals surface area contributed by atoms with Crippen molar-refractivity contribution < 1.29 is 4.52 Å². The first-order valence-electron chi connectivity index (χ1n) is 6.57. The molecule has 1 saturated heterocycles. The molecule has 0 aromatic carbocycles. The topological polar surface area (TPSA) is 51.0 Å². The van der Waals surface area contributed by atoms with Crippen molar-refractivity contribution in [1.29, 1.82) is 0 Å². The zero-order chi connectivity index (χ0) is 12.9. The van der Waals surface area contributed by atoms with Crippen LogP contribution in [0.5, 0.6) is 0 Å². The SMILES string of the molecule is Brc1csc(-c2noc([C@@]34CCC[C@@H]3CNC4)n2)c1.Cl. The molecule has 2 aliphatic rings. The zero-order valence-electron chi connectivity index (χ0n) is 10.8. The molecule has 0 radical (unpaired) electrons. The number of nitrogens with one attached hydrogen (secondary N) is 1. The second kappa shape index (κ2) is 5.40. The van der Waals surface area contributed by atoms with E-state index in [0.717, 1.165) is 34.2 Å². The van der Waals surface area contributed by atoms with E-state index in [1.165, 1.54) is 19.3 Å². The highest BCUT2D eigenvalue weighted by molar-refractivity contribution is 9.10. The number of nitrogens with zero attached hydrogens (tertiary/aromatic N) is 2. The van der Waals surface area contributed by atoms with Crippen LogP contribution in [0.15, 0.2) is 20.4 Å². The summed E-state index contributed by atoms with van der Waals surface area (Å²) >= 11 is 5.09. The van der Waals surface area contributed by atoms with E-state index in [0.29, 0.717) is 5.92 Å². The van der Waals surface area contributed by atoms with Crippen molar-refractivity contribution in [2.45, 2.75) is 24.7 Å². The summed E-state index contributed by atoms with van der Waals surface area (Å²) in [5.74, 6) is 2.22. The molecule has 4 nitrogen and oxygen atoms in total. The molecule has 1 saturated carbocycles. The van der Waals surface area contributed by atoms with Crippen LogP contribution in [0.1, 0.15) is 25.2 Å². The van der Waals surface area contributed by atoms with E-state index < -0.39 is 0 Å². The standard InChI is InChI=1S/C13H14BrN3OS.ClH/c14-9-4-10(19-6-9)11-16-12(18-17-11)13-3-1-2-8(13)5-15-7-13;/h4,6,8,15H,1-3,5,7H2;1H/t8-,13-;/m1./s1. The highest BCUT2D eigenvalue weighted by Gasteiger charge is 2.51. The molecule has 108 valence electrons. The van der Waals surface area contributed by atoms with Gasteiger partial charge >= 0.3 is 0 Å². The molecule has 2 atom stereocenters. The Hall–Kier alpha value is -0.430. The fourth-order valence-electron chi connectivity index (χ4n) is 3.46. The van der Waals surface area contributed by atoms with Gasteiger partial charge in [-0.3, -0.25) is 0 Å². The van der Waals surface area contributed by atoms with Gasteiger partial charge in [-0.2, -0.15) is 4.98 Å².